The van der Waals surface area contributed by atoms with Crippen LogP contribution in [0.4, 0.5) is 0 Å². The van der Waals surface area contributed by atoms with Crippen LogP contribution in [0.3, 0.4) is 0 Å². The first-order chi connectivity index (χ1) is 52.1. The van der Waals surface area contributed by atoms with E-state index in [-0.39, 0.29) is 25.7 Å². The van der Waals surface area contributed by atoms with Crippen LogP contribution in [0.2, 0.25) is 0 Å². The van der Waals surface area contributed by atoms with Crippen molar-refractivity contribution < 1.29 is 80.2 Å². The van der Waals surface area contributed by atoms with Crippen LogP contribution >= 0.6 is 15.6 Å². The summed E-state index contributed by atoms with van der Waals surface area (Å²) in [5.74, 6) is -1.29. The number of aliphatic hydroxyl groups is 1. The Morgan fingerprint density at radius 2 is 0.449 bits per heavy atom. The summed E-state index contributed by atoms with van der Waals surface area (Å²) >= 11 is 0. The summed E-state index contributed by atoms with van der Waals surface area (Å²) in [4.78, 5) is 73.3. The highest BCUT2D eigenvalue weighted by Crippen LogP contribution is 2.45. The average molecular weight is 1560 g/mol. The second kappa shape index (κ2) is 80.7. The lowest BCUT2D eigenvalue weighted by atomic mass is 9.99. The topological polar surface area (TPSA) is 237 Å². The third-order valence-electron chi connectivity index (χ3n) is 21.1. The van der Waals surface area contributed by atoms with Gasteiger partial charge in [0.2, 0.25) is 0 Å². The molecule has 0 aliphatic heterocycles. The van der Waals surface area contributed by atoms with Crippen molar-refractivity contribution in [1.29, 1.82) is 0 Å². The van der Waals surface area contributed by atoms with Crippen molar-refractivity contribution in [1.82, 2.24) is 0 Å². The fourth-order valence-electron chi connectivity index (χ4n) is 13.8. The van der Waals surface area contributed by atoms with Gasteiger partial charge in [-0.05, 0) is 31.6 Å². The molecule has 107 heavy (non-hydrogen) atoms. The summed E-state index contributed by atoms with van der Waals surface area (Å²) < 4.78 is 69.0. The molecule has 0 heterocycles. The summed E-state index contributed by atoms with van der Waals surface area (Å²) in [6.45, 7) is 7.40. The highest BCUT2D eigenvalue weighted by atomic mass is 31.2. The highest BCUT2D eigenvalue weighted by Gasteiger charge is 2.30. The van der Waals surface area contributed by atoms with Crippen LogP contribution in [0.25, 0.3) is 0 Å². The molecule has 0 aromatic carbocycles. The molecule has 0 bridgehead atoms. The number of rotatable bonds is 88. The number of hydrogen-bond acceptors (Lipinski definition) is 15. The third-order valence-corrected chi connectivity index (χ3v) is 23.0. The molecule has 0 fully saturated rings. The molecule has 0 saturated carbocycles. The van der Waals surface area contributed by atoms with Crippen molar-refractivity contribution in [3.63, 3.8) is 0 Å². The molecule has 0 amide bonds. The number of carbonyl (C=O) groups excluding carboxylic acids is 4. The Hall–Kier alpha value is -1.94. The number of esters is 4. The number of unbranched alkanes of at least 4 members (excludes halogenated alkanes) is 59. The highest BCUT2D eigenvalue weighted by molar-refractivity contribution is 7.47. The molecule has 0 saturated heterocycles. The van der Waals surface area contributed by atoms with Gasteiger partial charge in [-0.1, -0.05) is 426 Å². The first-order valence-electron chi connectivity index (χ1n) is 45.7. The predicted molar refractivity (Wildman–Crippen MR) is 442 cm³/mol. The van der Waals surface area contributed by atoms with E-state index in [1.165, 1.54) is 302 Å². The third kappa shape index (κ3) is 80.5. The van der Waals surface area contributed by atoms with Crippen molar-refractivity contribution in [3.05, 3.63) is 0 Å². The Kier molecular flexibility index (Phi) is 79.2. The van der Waals surface area contributed by atoms with Crippen LogP contribution in [-0.4, -0.2) is 96.7 Å². The van der Waals surface area contributed by atoms with E-state index >= 15 is 0 Å². The lowest BCUT2D eigenvalue weighted by molar-refractivity contribution is -0.161. The number of phosphoric ester groups is 2. The van der Waals surface area contributed by atoms with Crippen LogP contribution in [0.15, 0.2) is 0 Å². The quantitative estimate of drug-likeness (QED) is 0.0222. The zero-order chi connectivity index (χ0) is 78.3. The molecule has 0 radical (unpaired) electrons. The van der Waals surface area contributed by atoms with E-state index in [2.05, 4.69) is 34.6 Å². The molecule has 0 spiro atoms. The van der Waals surface area contributed by atoms with E-state index in [9.17, 15) is 43.2 Å². The van der Waals surface area contributed by atoms with Crippen LogP contribution in [-0.2, 0) is 65.4 Å². The lowest BCUT2D eigenvalue weighted by Crippen LogP contribution is -2.30. The molecular formula is C88H172O17P2. The van der Waals surface area contributed by atoms with Gasteiger partial charge in [0.1, 0.15) is 19.3 Å². The maximum Gasteiger partial charge on any atom is 0.472 e. The maximum absolute atomic E-state index is 13.2. The first kappa shape index (κ1) is 105. The second-order valence-electron chi connectivity index (χ2n) is 31.9. The molecule has 0 rings (SSSR count). The predicted octanol–water partition coefficient (Wildman–Crippen LogP) is 27.2. The first-order valence-corrected chi connectivity index (χ1v) is 48.7. The average Bonchev–Trinajstić information content (AvgIpc) is 0.902. The van der Waals surface area contributed by atoms with Crippen molar-refractivity contribution in [3.8, 4) is 0 Å². The van der Waals surface area contributed by atoms with E-state index in [1.54, 1.807) is 0 Å². The second-order valence-corrected chi connectivity index (χ2v) is 34.8. The van der Waals surface area contributed by atoms with Gasteiger partial charge in [-0.2, -0.15) is 0 Å². The van der Waals surface area contributed by atoms with Gasteiger partial charge in [-0.3, -0.25) is 37.3 Å². The standard InChI is InChI=1S/C88H172O17P2/c1-6-10-13-16-19-22-25-28-30-32-34-36-38-40-43-46-52-57-62-67-72-86(91)99-77-83(104-87(92)73-68-63-58-53-47-44-41-39-37-35-33-31-29-26-23-20-17-14-11-7-2)79-102-106(94,95)100-75-82(89)76-101-107(96,97)103-80-84(78-98-85(90)71-66-61-56-51-45-42-27-24-21-18-15-12-8-3)105-88(93)74-69-64-59-54-49-48-50-55-60-65-70-81(5)9-4/h81-84,89H,6-80H2,1-5H3,(H,94,95)(H,96,97)/t81?,82-,83-,84-/m1/s1. The minimum atomic E-state index is -4.97. The lowest BCUT2D eigenvalue weighted by Gasteiger charge is -2.21. The number of phosphoric acid groups is 2. The molecule has 19 heteroatoms. The van der Waals surface area contributed by atoms with Gasteiger partial charge in [-0.15, -0.1) is 0 Å². The molecule has 636 valence electrons. The zero-order valence-electron chi connectivity index (χ0n) is 70.3. The van der Waals surface area contributed by atoms with Crippen LogP contribution in [0, 0.1) is 5.92 Å². The number of carbonyl (C=O) groups is 4. The Morgan fingerprint density at radius 1 is 0.262 bits per heavy atom. The number of aliphatic hydroxyl groups excluding tert-OH is 1. The molecule has 17 nitrogen and oxygen atoms in total. The van der Waals surface area contributed by atoms with Crippen LogP contribution in [0.5, 0.6) is 0 Å². The van der Waals surface area contributed by atoms with Crippen LogP contribution < -0.4 is 0 Å². The van der Waals surface area contributed by atoms with E-state index < -0.39 is 97.5 Å². The molecule has 6 atom stereocenters. The van der Waals surface area contributed by atoms with Gasteiger partial charge in [-0.25, -0.2) is 9.13 Å². The van der Waals surface area contributed by atoms with E-state index in [0.29, 0.717) is 25.7 Å². The van der Waals surface area contributed by atoms with E-state index in [4.69, 9.17) is 37.0 Å². The van der Waals surface area contributed by atoms with Crippen molar-refractivity contribution >= 4 is 39.5 Å². The van der Waals surface area contributed by atoms with Gasteiger partial charge >= 0.3 is 39.5 Å². The summed E-state index contributed by atoms with van der Waals surface area (Å²) in [7, 11) is -9.93. The van der Waals surface area contributed by atoms with Gasteiger partial charge in [0.05, 0.1) is 26.4 Å². The molecule has 0 aliphatic carbocycles. The summed E-state index contributed by atoms with van der Waals surface area (Å²) in [6.07, 6.45) is 74.9. The van der Waals surface area contributed by atoms with Gasteiger partial charge in [0.25, 0.3) is 0 Å². The van der Waals surface area contributed by atoms with Crippen LogP contribution in [0.1, 0.15) is 478 Å². The SMILES string of the molecule is CCCCCCCCCCCCCCCCCCCCCCC(=O)OC[C@H](COP(=O)(O)OC[C@@H](O)COP(=O)(O)OC[C@@H](COC(=O)CCCCCCCCCCCCCCC)OC(=O)CCCCCCCCCCCCC(C)CC)OC(=O)CCCCCCCCCCCCCCCCCCCCCC. The fraction of sp³-hybridized carbons (Fsp3) is 0.955. The van der Waals surface area contributed by atoms with Gasteiger partial charge in [0, 0.05) is 25.7 Å². The molecular weight excluding hydrogens is 1390 g/mol. The van der Waals surface area contributed by atoms with Gasteiger partial charge < -0.3 is 33.8 Å². The molecule has 0 aliphatic rings. The minimum Gasteiger partial charge on any atom is -0.462 e. The van der Waals surface area contributed by atoms with Crippen molar-refractivity contribution in [2.24, 2.45) is 5.92 Å². The molecule has 3 unspecified atom stereocenters. The maximum atomic E-state index is 13.2. The van der Waals surface area contributed by atoms with E-state index in [0.717, 1.165) is 95.8 Å². The molecule has 0 aromatic rings. The van der Waals surface area contributed by atoms with Crippen molar-refractivity contribution in [2.45, 2.75) is 496 Å². The zero-order valence-corrected chi connectivity index (χ0v) is 72.1. The monoisotopic (exact) mass is 1560 g/mol. The Balaban J connectivity index is 5.25. The molecule has 0 aromatic heterocycles. The normalized spacial score (nSPS) is 14.0. The number of ether oxygens (including phenoxy) is 4. The van der Waals surface area contributed by atoms with Gasteiger partial charge in [0.15, 0.2) is 12.2 Å². The minimum absolute atomic E-state index is 0.107. The van der Waals surface area contributed by atoms with Crippen molar-refractivity contribution in [2.75, 3.05) is 39.6 Å². The largest absolute Gasteiger partial charge is 0.472 e. The fourth-order valence-corrected chi connectivity index (χ4v) is 15.4. The number of hydrogen-bond donors (Lipinski definition) is 3. The van der Waals surface area contributed by atoms with E-state index in [1.807, 2.05) is 0 Å². The Bertz CT molecular complexity index is 2030. The summed E-state index contributed by atoms with van der Waals surface area (Å²) in [6, 6.07) is 0. The molecule has 3 N–H and O–H groups in total. The summed E-state index contributed by atoms with van der Waals surface area (Å²) in [5.41, 5.74) is 0. The smallest absolute Gasteiger partial charge is 0.462 e. The Morgan fingerprint density at radius 3 is 0.664 bits per heavy atom. The summed E-state index contributed by atoms with van der Waals surface area (Å²) in [5, 5.41) is 10.7. The Labute approximate surface area is 658 Å².